The van der Waals surface area contributed by atoms with Crippen LogP contribution in [0.4, 0.5) is 0 Å². The molecule has 0 aliphatic heterocycles. The molecule has 0 radical (unpaired) electrons. The Morgan fingerprint density at radius 1 is 0.446 bits per heavy atom. The third-order valence-corrected chi connectivity index (χ3v) is 10.9. The van der Waals surface area contributed by atoms with Gasteiger partial charge in [-0.3, -0.25) is 0 Å². The molecule has 0 atom stereocenters. The number of hydrogen-bond acceptors (Lipinski definition) is 3. The first-order valence-corrected chi connectivity index (χ1v) is 19.2. The van der Waals surface area contributed by atoms with Gasteiger partial charge in [0, 0.05) is 22.1 Å². The van der Waals surface area contributed by atoms with Crippen LogP contribution in [0.2, 0.25) is 0 Å². The summed E-state index contributed by atoms with van der Waals surface area (Å²) >= 11 is 0. The van der Waals surface area contributed by atoms with Gasteiger partial charge in [0.25, 0.3) is 0 Å². The van der Waals surface area contributed by atoms with E-state index in [9.17, 15) is 0 Å². The molecule has 1 aromatic heterocycles. The minimum absolute atomic E-state index is 0.195. The van der Waals surface area contributed by atoms with E-state index in [0.717, 1.165) is 56.5 Å². The fourth-order valence-electron chi connectivity index (χ4n) is 8.16. The molecule has 0 unspecified atom stereocenters. The highest BCUT2D eigenvalue weighted by Gasteiger charge is 2.37. The van der Waals surface area contributed by atoms with Crippen molar-refractivity contribution in [3.63, 3.8) is 0 Å². The molecule has 0 amide bonds. The molecule has 0 saturated heterocycles. The molecule has 3 nitrogen and oxygen atoms in total. The second-order valence-corrected chi connectivity index (χ2v) is 14.8. The molecule has 268 valence electrons. The molecule has 0 bridgehead atoms. The summed E-state index contributed by atoms with van der Waals surface area (Å²) in [5.41, 5.74) is 15.5. The van der Waals surface area contributed by atoms with Gasteiger partial charge in [0.2, 0.25) is 0 Å². The first-order valence-electron chi connectivity index (χ1n) is 19.2. The number of fused-ring (bicyclic) bond motifs is 2. The standard InChI is InChI=1S/C53H41N3/c1-36-19-9-5-4-6-14-26-45-44-34-33-41(35-48(44)53(2,3)49(36)45)37-29-31-40(32-30-37)50-54-51(46-27-17-15-24-42(46)38-20-10-7-11-21-38)56-52(55-50)47-28-18-16-25-43(47)39-22-12-8-13-23-39/h4-5,7-35H,1,6H2,2-3H3/b5-4-,19-9-,26-14-. The maximum atomic E-state index is 5.20. The summed E-state index contributed by atoms with van der Waals surface area (Å²) in [4.78, 5) is 15.6. The zero-order valence-electron chi connectivity index (χ0n) is 31.7. The SMILES string of the molecule is C=C1/C=C\C=C/C/C=C\C2=C1C(C)(C)c1cc(-c3ccc(-c4nc(-c5ccccc5-c5ccccc5)nc(-c5ccccc5-c5ccccc5)n4)cc3)ccc12. The Bertz CT molecular complexity index is 2630. The minimum atomic E-state index is -0.195. The molecule has 6 aromatic carbocycles. The molecule has 0 N–H and O–H groups in total. The van der Waals surface area contributed by atoms with Crippen LogP contribution in [0.5, 0.6) is 0 Å². The lowest BCUT2D eigenvalue weighted by Crippen LogP contribution is -2.18. The Morgan fingerprint density at radius 2 is 0.964 bits per heavy atom. The number of allylic oxidation sites excluding steroid dienone is 9. The van der Waals surface area contributed by atoms with Gasteiger partial charge in [-0.15, -0.1) is 0 Å². The maximum absolute atomic E-state index is 5.20. The average Bonchev–Trinajstić information content (AvgIpc) is 3.48. The molecule has 7 aromatic rings. The molecule has 0 fully saturated rings. The molecular weight excluding hydrogens is 679 g/mol. The van der Waals surface area contributed by atoms with Crippen molar-refractivity contribution in [3.8, 4) is 67.5 Å². The van der Waals surface area contributed by atoms with Crippen molar-refractivity contribution in [2.45, 2.75) is 25.7 Å². The maximum Gasteiger partial charge on any atom is 0.164 e. The zero-order valence-corrected chi connectivity index (χ0v) is 31.7. The Morgan fingerprint density at radius 3 is 1.57 bits per heavy atom. The van der Waals surface area contributed by atoms with E-state index >= 15 is 0 Å². The molecule has 0 saturated carbocycles. The lowest BCUT2D eigenvalue weighted by molar-refractivity contribution is 0.649. The number of rotatable bonds is 6. The highest BCUT2D eigenvalue weighted by Crippen LogP contribution is 2.50. The van der Waals surface area contributed by atoms with Gasteiger partial charge in [0.05, 0.1) is 0 Å². The number of nitrogens with zero attached hydrogens (tertiary/aromatic N) is 3. The normalized spacial score (nSPS) is 16.1. The van der Waals surface area contributed by atoms with Crippen molar-refractivity contribution in [2.24, 2.45) is 0 Å². The van der Waals surface area contributed by atoms with Crippen molar-refractivity contribution in [1.82, 2.24) is 15.0 Å². The number of benzene rings is 6. The van der Waals surface area contributed by atoms with Crippen molar-refractivity contribution in [3.05, 3.63) is 217 Å². The van der Waals surface area contributed by atoms with Crippen LogP contribution >= 0.6 is 0 Å². The smallest absolute Gasteiger partial charge is 0.164 e. The Labute approximate surface area is 329 Å². The summed E-state index contributed by atoms with van der Waals surface area (Å²) in [5.74, 6) is 1.89. The van der Waals surface area contributed by atoms with Crippen molar-refractivity contribution in [2.75, 3.05) is 0 Å². The lowest BCUT2D eigenvalue weighted by Gasteiger charge is -2.26. The molecule has 56 heavy (non-hydrogen) atoms. The highest BCUT2D eigenvalue weighted by atomic mass is 15.0. The molecule has 2 aliphatic rings. The van der Waals surface area contributed by atoms with Crippen molar-refractivity contribution in [1.29, 1.82) is 0 Å². The van der Waals surface area contributed by atoms with Gasteiger partial charge in [-0.05, 0) is 73.7 Å². The first-order chi connectivity index (χ1) is 27.5. The molecule has 9 rings (SSSR count). The van der Waals surface area contributed by atoms with E-state index in [2.05, 4.69) is 184 Å². The largest absolute Gasteiger partial charge is 0.208 e. The van der Waals surface area contributed by atoms with Crippen LogP contribution in [-0.4, -0.2) is 15.0 Å². The van der Waals surface area contributed by atoms with Crippen LogP contribution in [0, 0.1) is 0 Å². The van der Waals surface area contributed by atoms with Crippen LogP contribution in [-0.2, 0) is 5.41 Å². The van der Waals surface area contributed by atoms with E-state index in [4.69, 9.17) is 15.0 Å². The van der Waals surface area contributed by atoms with Crippen LogP contribution < -0.4 is 0 Å². The van der Waals surface area contributed by atoms with Gasteiger partial charge in [0.15, 0.2) is 17.5 Å². The molecule has 2 aliphatic carbocycles. The second kappa shape index (κ2) is 14.7. The number of hydrogen-bond donors (Lipinski definition) is 0. The second-order valence-electron chi connectivity index (χ2n) is 14.8. The predicted octanol–water partition coefficient (Wildman–Crippen LogP) is 13.5. The van der Waals surface area contributed by atoms with E-state index in [-0.39, 0.29) is 5.41 Å². The van der Waals surface area contributed by atoms with E-state index < -0.39 is 0 Å². The fraction of sp³-hybridized carbons (Fsp3) is 0.0755. The van der Waals surface area contributed by atoms with Gasteiger partial charge < -0.3 is 0 Å². The summed E-state index contributed by atoms with van der Waals surface area (Å²) in [6.45, 7) is 9.12. The highest BCUT2D eigenvalue weighted by molar-refractivity contribution is 5.91. The summed E-state index contributed by atoms with van der Waals surface area (Å²) in [7, 11) is 0. The van der Waals surface area contributed by atoms with Gasteiger partial charge in [-0.1, -0.05) is 202 Å². The van der Waals surface area contributed by atoms with E-state index in [1.165, 1.54) is 27.8 Å². The van der Waals surface area contributed by atoms with Crippen LogP contribution in [0.3, 0.4) is 0 Å². The predicted molar refractivity (Wildman–Crippen MR) is 234 cm³/mol. The van der Waals surface area contributed by atoms with E-state index in [0.29, 0.717) is 17.5 Å². The van der Waals surface area contributed by atoms with Crippen LogP contribution in [0.15, 0.2) is 206 Å². The average molecular weight is 720 g/mol. The van der Waals surface area contributed by atoms with Crippen LogP contribution in [0.1, 0.15) is 31.4 Å². The van der Waals surface area contributed by atoms with Gasteiger partial charge in [-0.2, -0.15) is 0 Å². The third kappa shape index (κ3) is 6.48. The topological polar surface area (TPSA) is 38.7 Å². The van der Waals surface area contributed by atoms with E-state index in [1.807, 2.05) is 24.3 Å². The van der Waals surface area contributed by atoms with Gasteiger partial charge >= 0.3 is 0 Å². The third-order valence-electron chi connectivity index (χ3n) is 10.9. The Kier molecular flexibility index (Phi) is 9.12. The Hall–Kier alpha value is -6.97. The monoisotopic (exact) mass is 719 g/mol. The summed E-state index contributed by atoms with van der Waals surface area (Å²) < 4.78 is 0. The fourth-order valence-corrected chi connectivity index (χ4v) is 8.16. The summed E-state index contributed by atoms with van der Waals surface area (Å²) in [6, 6.07) is 53.1. The summed E-state index contributed by atoms with van der Waals surface area (Å²) in [5, 5.41) is 0. The van der Waals surface area contributed by atoms with Gasteiger partial charge in [0.1, 0.15) is 0 Å². The molecule has 1 heterocycles. The van der Waals surface area contributed by atoms with Crippen molar-refractivity contribution < 1.29 is 0 Å². The lowest BCUT2D eigenvalue weighted by atomic mass is 9.77. The molecular formula is C53H41N3. The van der Waals surface area contributed by atoms with Gasteiger partial charge in [-0.25, -0.2) is 15.0 Å². The quantitative estimate of drug-likeness (QED) is 0.172. The van der Waals surface area contributed by atoms with Crippen molar-refractivity contribution >= 4 is 5.57 Å². The van der Waals surface area contributed by atoms with E-state index in [1.54, 1.807) is 0 Å². The van der Waals surface area contributed by atoms with Crippen LogP contribution in [0.25, 0.3) is 73.1 Å². The molecule has 0 spiro atoms. The number of aromatic nitrogens is 3. The zero-order chi connectivity index (χ0) is 38.1. The molecule has 3 heteroatoms. The Balaban J connectivity index is 1.14. The minimum Gasteiger partial charge on any atom is -0.208 e. The first kappa shape index (κ1) is 34.8. The summed E-state index contributed by atoms with van der Waals surface area (Å²) in [6.07, 6.45) is 13.9.